The highest BCUT2D eigenvalue weighted by Crippen LogP contribution is 2.16. The molecule has 0 bridgehead atoms. The van der Waals surface area contributed by atoms with E-state index in [9.17, 15) is 18.0 Å². The molecule has 1 rings (SSSR count). The summed E-state index contributed by atoms with van der Waals surface area (Å²) >= 11 is 0. The van der Waals surface area contributed by atoms with Gasteiger partial charge in [-0.15, -0.1) is 0 Å². The number of hydrogen-bond acceptors (Lipinski definition) is 3. The minimum atomic E-state index is -4.42. The molecular weight excluding hydrogens is 223 g/mol. The van der Waals surface area contributed by atoms with E-state index >= 15 is 0 Å². The Balaban J connectivity index is 2.78. The number of hydrogen-bond donors (Lipinski definition) is 0. The lowest BCUT2D eigenvalue weighted by Gasteiger charge is -2.18. The topological polar surface area (TPSA) is 46.1 Å². The molecule has 1 amide bonds. The van der Waals surface area contributed by atoms with Gasteiger partial charge in [-0.1, -0.05) is 0 Å². The Hall–Kier alpha value is -1.66. The fourth-order valence-corrected chi connectivity index (χ4v) is 1.10. The van der Waals surface area contributed by atoms with Crippen molar-refractivity contribution in [2.24, 2.45) is 0 Å². The Morgan fingerprint density at radius 1 is 1.44 bits per heavy atom. The number of carbonyl (C=O) groups excluding carboxylic acids is 1. The first-order valence-corrected chi connectivity index (χ1v) is 4.40. The zero-order valence-electron chi connectivity index (χ0n) is 8.75. The molecule has 0 saturated heterocycles. The minimum absolute atomic E-state index is 0.0910. The minimum Gasteiger partial charge on any atom is -0.331 e. The first-order chi connectivity index (χ1) is 7.29. The lowest BCUT2D eigenvalue weighted by Crippen LogP contribution is -2.36. The number of amides is 1. The van der Waals surface area contributed by atoms with E-state index in [1.54, 1.807) is 6.92 Å². The van der Waals surface area contributed by atoms with Crippen molar-refractivity contribution in [1.29, 1.82) is 0 Å². The first-order valence-electron chi connectivity index (χ1n) is 4.40. The molecule has 0 radical (unpaired) electrons. The zero-order valence-corrected chi connectivity index (χ0v) is 8.75. The largest absolute Gasteiger partial charge is 0.406 e. The van der Waals surface area contributed by atoms with Crippen LogP contribution in [0, 0.1) is 6.92 Å². The van der Waals surface area contributed by atoms with Gasteiger partial charge < -0.3 is 4.90 Å². The highest BCUT2D eigenvalue weighted by molar-refractivity contribution is 5.91. The first kappa shape index (κ1) is 12.4. The Morgan fingerprint density at radius 2 is 2.06 bits per heavy atom. The van der Waals surface area contributed by atoms with Gasteiger partial charge in [0.1, 0.15) is 12.2 Å². The van der Waals surface area contributed by atoms with Crippen LogP contribution in [0.4, 0.5) is 13.2 Å². The van der Waals surface area contributed by atoms with Crippen LogP contribution in [-0.4, -0.2) is 40.5 Å². The number of carbonyl (C=O) groups is 1. The summed E-state index contributed by atoms with van der Waals surface area (Å²) in [6, 6.07) is 0. The van der Waals surface area contributed by atoms with Crippen molar-refractivity contribution in [3.8, 4) is 0 Å². The maximum atomic E-state index is 12.0. The van der Waals surface area contributed by atoms with Crippen LogP contribution in [0.1, 0.15) is 16.2 Å². The summed E-state index contributed by atoms with van der Waals surface area (Å²) in [7, 11) is 1.07. The molecule has 16 heavy (non-hydrogen) atoms. The van der Waals surface area contributed by atoms with Crippen LogP contribution in [0.15, 0.2) is 12.4 Å². The molecule has 0 unspecified atom stereocenters. The van der Waals surface area contributed by atoms with E-state index in [1.165, 1.54) is 6.20 Å². The van der Waals surface area contributed by atoms with Gasteiger partial charge in [0.05, 0.1) is 11.9 Å². The van der Waals surface area contributed by atoms with Crippen molar-refractivity contribution in [2.45, 2.75) is 13.1 Å². The number of rotatable bonds is 2. The third-order valence-electron chi connectivity index (χ3n) is 1.74. The van der Waals surface area contributed by atoms with E-state index in [1.807, 2.05) is 0 Å². The van der Waals surface area contributed by atoms with E-state index < -0.39 is 18.6 Å². The van der Waals surface area contributed by atoms with E-state index in [0.29, 0.717) is 10.6 Å². The quantitative estimate of drug-likeness (QED) is 0.776. The van der Waals surface area contributed by atoms with Gasteiger partial charge in [0.2, 0.25) is 0 Å². The van der Waals surface area contributed by atoms with E-state index in [-0.39, 0.29) is 5.69 Å². The fourth-order valence-electron chi connectivity index (χ4n) is 1.10. The normalized spacial score (nSPS) is 11.3. The highest BCUT2D eigenvalue weighted by Gasteiger charge is 2.31. The monoisotopic (exact) mass is 233 g/mol. The van der Waals surface area contributed by atoms with Gasteiger partial charge >= 0.3 is 6.18 Å². The summed E-state index contributed by atoms with van der Waals surface area (Å²) in [5.41, 5.74) is 0.387. The van der Waals surface area contributed by atoms with Gasteiger partial charge in [0.25, 0.3) is 5.91 Å². The maximum absolute atomic E-state index is 12.0. The van der Waals surface area contributed by atoms with Crippen molar-refractivity contribution in [3.05, 3.63) is 23.8 Å². The van der Waals surface area contributed by atoms with Gasteiger partial charge in [-0.05, 0) is 6.92 Å². The number of aromatic nitrogens is 2. The predicted molar refractivity (Wildman–Crippen MR) is 49.8 cm³/mol. The molecule has 88 valence electrons. The number of alkyl halides is 3. The SMILES string of the molecule is Cc1cncc(C(=O)N(C)CC(F)(F)F)n1. The molecule has 1 heterocycles. The summed E-state index contributed by atoms with van der Waals surface area (Å²) in [6.45, 7) is 0.301. The van der Waals surface area contributed by atoms with Crippen LogP contribution in [0.2, 0.25) is 0 Å². The Morgan fingerprint density at radius 3 is 2.56 bits per heavy atom. The Kier molecular flexibility index (Phi) is 3.46. The molecule has 0 atom stereocenters. The number of aryl methyl sites for hydroxylation is 1. The predicted octanol–water partition coefficient (Wildman–Crippen LogP) is 1.42. The maximum Gasteiger partial charge on any atom is 0.406 e. The summed E-state index contributed by atoms with van der Waals surface area (Å²) < 4.78 is 36.1. The summed E-state index contributed by atoms with van der Waals surface area (Å²) in [5, 5.41) is 0. The van der Waals surface area contributed by atoms with Gasteiger partial charge in [0, 0.05) is 13.2 Å². The van der Waals surface area contributed by atoms with Crippen molar-refractivity contribution < 1.29 is 18.0 Å². The van der Waals surface area contributed by atoms with Gasteiger partial charge in [-0.25, -0.2) is 4.98 Å². The van der Waals surface area contributed by atoms with Crippen molar-refractivity contribution in [3.63, 3.8) is 0 Å². The second kappa shape index (κ2) is 4.46. The Bertz CT molecular complexity index is 392. The smallest absolute Gasteiger partial charge is 0.331 e. The van der Waals surface area contributed by atoms with Crippen LogP contribution in [0.5, 0.6) is 0 Å². The molecule has 1 aromatic rings. The molecule has 0 fully saturated rings. The number of nitrogens with zero attached hydrogens (tertiary/aromatic N) is 3. The second-order valence-corrected chi connectivity index (χ2v) is 3.32. The van der Waals surface area contributed by atoms with Gasteiger partial charge in [-0.3, -0.25) is 9.78 Å². The van der Waals surface area contributed by atoms with Crippen LogP contribution < -0.4 is 0 Å². The number of halogens is 3. The molecule has 0 saturated carbocycles. The van der Waals surface area contributed by atoms with Crippen molar-refractivity contribution in [2.75, 3.05) is 13.6 Å². The fraction of sp³-hybridized carbons (Fsp3) is 0.444. The molecule has 0 spiro atoms. The molecule has 0 aliphatic heterocycles. The molecular formula is C9H10F3N3O. The third-order valence-corrected chi connectivity index (χ3v) is 1.74. The standard InChI is InChI=1S/C9H10F3N3O/c1-6-3-13-4-7(14-6)8(16)15(2)5-9(10,11)12/h3-4H,5H2,1-2H3. The van der Waals surface area contributed by atoms with E-state index in [0.717, 1.165) is 13.2 Å². The molecule has 0 N–H and O–H groups in total. The lowest BCUT2D eigenvalue weighted by molar-refractivity contribution is -0.138. The molecule has 0 aliphatic rings. The van der Waals surface area contributed by atoms with Crippen LogP contribution in [-0.2, 0) is 0 Å². The summed E-state index contributed by atoms with van der Waals surface area (Å²) in [5.74, 6) is -0.798. The van der Waals surface area contributed by atoms with Crippen LogP contribution in [0.3, 0.4) is 0 Å². The molecule has 4 nitrogen and oxygen atoms in total. The Labute approximate surface area is 90.1 Å². The van der Waals surface area contributed by atoms with Crippen LogP contribution in [0.25, 0.3) is 0 Å². The average Bonchev–Trinajstić information content (AvgIpc) is 2.14. The molecule has 1 aromatic heterocycles. The van der Waals surface area contributed by atoms with Gasteiger partial charge in [0.15, 0.2) is 0 Å². The second-order valence-electron chi connectivity index (χ2n) is 3.32. The molecule has 7 heteroatoms. The van der Waals surface area contributed by atoms with Gasteiger partial charge in [-0.2, -0.15) is 13.2 Å². The molecule has 0 aliphatic carbocycles. The van der Waals surface area contributed by atoms with Crippen molar-refractivity contribution >= 4 is 5.91 Å². The third kappa shape index (κ3) is 3.48. The zero-order chi connectivity index (χ0) is 12.3. The average molecular weight is 233 g/mol. The van der Waals surface area contributed by atoms with E-state index in [4.69, 9.17) is 0 Å². The van der Waals surface area contributed by atoms with Crippen molar-refractivity contribution in [1.82, 2.24) is 14.9 Å². The summed E-state index contributed by atoms with van der Waals surface area (Å²) in [6.07, 6.45) is -1.86. The van der Waals surface area contributed by atoms with E-state index in [2.05, 4.69) is 9.97 Å². The highest BCUT2D eigenvalue weighted by atomic mass is 19.4. The summed E-state index contributed by atoms with van der Waals surface area (Å²) in [4.78, 5) is 19.6. The molecule has 0 aromatic carbocycles. The van der Waals surface area contributed by atoms with Crippen LogP contribution >= 0.6 is 0 Å². The lowest BCUT2D eigenvalue weighted by atomic mass is 10.3.